The molecule has 0 fully saturated rings. The van der Waals surface area contributed by atoms with Crippen LogP contribution in [0, 0.1) is 0 Å². The molecule has 1 aliphatic heterocycles. The number of hydrogen-bond donors (Lipinski definition) is 2. The van der Waals surface area contributed by atoms with Gasteiger partial charge >= 0.3 is 0 Å². The Hall–Kier alpha value is -2.54. The molecule has 0 bridgehead atoms. The molecule has 126 valence electrons. The van der Waals surface area contributed by atoms with Gasteiger partial charge in [-0.1, -0.05) is 6.07 Å². The van der Waals surface area contributed by atoms with Crippen molar-refractivity contribution in [2.24, 2.45) is 0 Å². The molecule has 7 heteroatoms. The largest absolute Gasteiger partial charge is 0.486 e. The highest BCUT2D eigenvalue weighted by atomic mass is 32.1. The molecule has 3 rings (SSSR count). The minimum Gasteiger partial charge on any atom is -0.486 e. The molecule has 24 heavy (non-hydrogen) atoms. The molecule has 2 amide bonds. The lowest BCUT2D eigenvalue weighted by Gasteiger charge is -2.18. The minimum absolute atomic E-state index is 0.144. The Morgan fingerprint density at radius 2 is 1.92 bits per heavy atom. The molecule has 0 saturated heterocycles. The maximum atomic E-state index is 12.1. The highest BCUT2D eigenvalue weighted by molar-refractivity contribution is 7.18. The summed E-state index contributed by atoms with van der Waals surface area (Å²) in [6.07, 6.45) is 0.701. The number of ether oxygens (including phenoxy) is 2. The van der Waals surface area contributed by atoms with Gasteiger partial charge in [0.25, 0.3) is 5.91 Å². The summed E-state index contributed by atoms with van der Waals surface area (Å²) < 4.78 is 11.0. The number of carbonyl (C=O) groups excluding carboxylic acids is 2. The van der Waals surface area contributed by atoms with Gasteiger partial charge in [-0.05, 0) is 36.2 Å². The zero-order valence-corrected chi connectivity index (χ0v) is 14.1. The van der Waals surface area contributed by atoms with Crippen LogP contribution < -0.4 is 20.1 Å². The van der Waals surface area contributed by atoms with Crippen LogP contribution in [0.15, 0.2) is 30.3 Å². The summed E-state index contributed by atoms with van der Waals surface area (Å²) in [5.74, 6) is 1.22. The number of amides is 2. The van der Waals surface area contributed by atoms with Crippen LogP contribution in [0.5, 0.6) is 11.5 Å². The second kappa shape index (κ2) is 7.35. The number of benzene rings is 1. The van der Waals surface area contributed by atoms with Crippen molar-refractivity contribution < 1.29 is 19.1 Å². The van der Waals surface area contributed by atoms with Crippen molar-refractivity contribution in [1.82, 2.24) is 5.32 Å². The van der Waals surface area contributed by atoms with Crippen LogP contribution in [0.3, 0.4) is 0 Å². The fourth-order valence-corrected chi connectivity index (χ4v) is 3.22. The molecule has 1 aromatic heterocycles. The van der Waals surface area contributed by atoms with E-state index in [2.05, 4.69) is 10.6 Å². The number of rotatable bonds is 5. The summed E-state index contributed by atoms with van der Waals surface area (Å²) in [5.41, 5.74) is 1.07. The molecule has 2 heterocycles. The summed E-state index contributed by atoms with van der Waals surface area (Å²) in [5, 5.41) is 6.21. The van der Waals surface area contributed by atoms with Gasteiger partial charge in [-0.2, -0.15) is 0 Å². The van der Waals surface area contributed by atoms with Gasteiger partial charge in [-0.15, -0.1) is 11.3 Å². The molecule has 2 aromatic rings. The first-order valence-electron chi connectivity index (χ1n) is 7.66. The number of anilines is 1. The van der Waals surface area contributed by atoms with Crippen LogP contribution in [-0.4, -0.2) is 31.6 Å². The van der Waals surface area contributed by atoms with E-state index in [9.17, 15) is 9.59 Å². The zero-order valence-electron chi connectivity index (χ0n) is 13.3. The number of hydrogen-bond acceptors (Lipinski definition) is 5. The second-order valence-corrected chi connectivity index (χ2v) is 6.41. The second-order valence-electron chi connectivity index (χ2n) is 5.33. The van der Waals surface area contributed by atoms with Gasteiger partial charge in [0.1, 0.15) is 13.2 Å². The smallest absolute Gasteiger partial charge is 0.261 e. The van der Waals surface area contributed by atoms with Gasteiger partial charge in [0, 0.05) is 13.5 Å². The van der Waals surface area contributed by atoms with Gasteiger partial charge in [0.2, 0.25) is 5.91 Å². The lowest BCUT2D eigenvalue weighted by molar-refractivity contribution is -0.114. The molecule has 6 nitrogen and oxygen atoms in total. The van der Waals surface area contributed by atoms with Crippen molar-refractivity contribution in [3.63, 3.8) is 0 Å². The SMILES string of the molecule is CC(=O)Nc1ccc(C(=O)NCCc2ccc3c(c2)OCCO3)s1. The Morgan fingerprint density at radius 3 is 2.71 bits per heavy atom. The topological polar surface area (TPSA) is 76.7 Å². The molecule has 0 radical (unpaired) electrons. The minimum atomic E-state index is -0.151. The van der Waals surface area contributed by atoms with Crippen LogP contribution in [0.25, 0.3) is 0 Å². The summed E-state index contributed by atoms with van der Waals surface area (Å²) in [4.78, 5) is 23.7. The molecular formula is C17H18N2O4S. The van der Waals surface area contributed by atoms with Crippen molar-refractivity contribution in [1.29, 1.82) is 0 Å². The van der Waals surface area contributed by atoms with E-state index in [1.54, 1.807) is 12.1 Å². The summed E-state index contributed by atoms with van der Waals surface area (Å²) in [7, 11) is 0. The van der Waals surface area contributed by atoms with E-state index in [1.807, 2.05) is 18.2 Å². The van der Waals surface area contributed by atoms with E-state index in [1.165, 1.54) is 18.3 Å². The Bertz CT molecular complexity index is 757. The van der Waals surface area contributed by atoms with Gasteiger partial charge in [-0.3, -0.25) is 9.59 Å². The molecule has 0 spiro atoms. The average molecular weight is 346 g/mol. The maximum absolute atomic E-state index is 12.1. The first kappa shape index (κ1) is 16.3. The third-order valence-electron chi connectivity index (χ3n) is 3.43. The first-order chi connectivity index (χ1) is 11.6. The Labute approximate surface area is 143 Å². The van der Waals surface area contributed by atoms with E-state index in [0.29, 0.717) is 36.1 Å². The number of nitrogens with one attached hydrogen (secondary N) is 2. The highest BCUT2D eigenvalue weighted by Crippen LogP contribution is 2.30. The number of fused-ring (bicyclic) bond motifs is 1. The van der Waals surface area contributed by atoms with Crippen LogP contribution in [0.2, 0.25) is 0 Å². The van der Waals surface area contributed by atoms with Crippen molar-refractivity contribution in [2.75, 3.05) is 25.1 Å². The van der Waals surface area contributed by atoms with E-state index in [-0.39, 0.29) is 11.8 Å². The monoisotopic (exact) mass is 346 g/mol. The fraction of sp³-hybridized carbons (Fsp3) is 0.294. The third-order valence-corrected chi connectivity index (χ3v) is 4.43. The van der Waals surface area contributed by atoms with Crippen LogP contribution in [0.4, 0.5) is 5.00 Å². The molecule has 1 aromatic carbocycles. The quantitative estimate of drug-likeness (QED) is 0.872. The van der Waals surface area contributed by atoms with E-state index in [4.69, 9.17) is 9.47 Å². The van der Waals surface area contributed by atoms with Crippen molar-refractivity contribution in [2.45, 2.75) is 13.3 Å². The van der Waals surface area contributed by atoms with E-state index < -0.39 is 0 Å². The van der Waals surface area contributed by atoms with Crippen LogP contribution >= 0.6 is 11.3 Å². The van der Waals surface area contributed by atoms with Gasteiger partial charge < -0.3 is 20.1 Å². The zero-order chi connectivity index (χ0) is 16.9. The molecule has 0 aliphatic carbocycles. The molecule has 0 atom stereocenters. The standard InChI is InChI=1S/C17H18N2O4S/c1-11(20)19-16-5-4-15(24-16)17(21)18-7-6-12-2-3-13-14(10-12)23-9-8-22-13/h2-5,10H,6-9H2,1H3,(H,18,21)(H,19,20). The fourth-order valence-electron chi connectivity index (χ4n) is 2.35. The predicted molar refractivity (Wildman–Crippen MR) is 92.1 cm³/mol. The summed E-state index contributed by atoms with van der Waals surface area (Å²) >= 11 is 1.25. The van der Waals surface area contributed by atoms with Gasteiger partial charge in [-0.25, -0.2) is 0 Å². The van der Waals surface area contributed by atoms with E-state index >= 15 is 0 Å². The highest BCUT2D eigenvalue weighted by Gasteiger charge is 2.12. The normalized spacial score (nSPS) is 12.5. The van der Waals surface area contributed by atoms with Crippen LogP contribution in [0.1, 0.15) is 22.2 Å². The summed E-state index contributed by atoms with van der Waals surface area (Å²) in [6.45, 7) is 3.09. The lowest BCUT2D eigenvalue weighted by Crippen LogP contribution is -2.25. The lowest BCUT2D eigenvalue weighted by atomic mass is 10.1. The van der Waals surface area contributed by atoms with Crippen molar-refractivity contribution in [3.05, 3.63) is 40.8 Å². The maximum Gasteiger partial charge on any atom is 0.261 e. The average Bonchev–Trinajstić information content (AvgIpc) is 3.02. The van der Waals surface area contributed by atoms with Gasteiger partial charge in [0.05, 0.1) is 9.88 Å². The Morgan fingerprint density at radius 1 is 1.12 bits per heavy atom. The molecule has 2 N–H and O–H groups in total. The molecule has 1 aliphatic rings. The molecule has 0 saturated carbocycles. The number of carbonyl (C=O) groups is 2. The van der Waals surface area contributed by atoms with E-state index in [0.717, 1.165) is 17.1 Å². The van der Waals surface area contributed by atoms with Crippen molar-refractivity contribution in [3.8, 4) is 11.5 Å². The first-order valence-corrected chi connectivity index (χ1v) is 8.47. The third kappa shape index (κ3) is 4.05. The van der Waals surface area contributed by atoms with Crippen LogP contribution in [-0.2, 0) is 11.2 Å². The number of thiophene rings is 1. The Balaban J connectivity index is 1.51. The Kier molecular flexibility index (Phi) is 5.00. The molecule has 0 unspecified atom stereocenters. The summed E-state index contributed by atoms with van der Waals surface area (Å²) in [6, 6.07) is 9.24. The predicted octanol–water partition coefficient (Wildman–Crippen LogP) is 2.45. The van der Waals surface area contributed by atoms with Gasteiger partial charge in [0.15, 0.2) is 11.5 Å². The molecular weight excluding hydrogens is 328 g/mol. The van der Waals surface area contributed by atoms with Crippen molar-refractivity contribution >= 4 is 28.2 Å².